The molecular formula is C24H20O4. The molecule has 0 N–H and O–H groups in total. The van der Waals surface area contributed by atoms with Crippen molar-refractivity contribution in [3.05, 3.63) is 77.9 Å². The molecule has 3 aromatic rings. The van der Waals surface area contributed by atoms with E-state index in [0.29, 0.717) is 22.8 Å². The number of hydrogen-bond acceptors (Lipinski definition) is 4. The van der Waals surface area contributed by atoms with Crippen molar-refractivity contribution in [2.75, 3.05) is 21.3 Å². The highest BCUT2D eigenvalue weighted by atomic mass is 16.5. The van der Waals surface area contributed by atoms with Gasteiger partial charge in [0.15, 0.2) is 11.5 Å². The summed E-state index contributed by atoms with van der Waals surface area (Å²) < 4.78 is 15.8. The first-order chi connectivity index (χ1) is 13.7. The number of Topliss-reactive ketones (excluding diaryl/α,β-unsaturated/α-hetero) is 1. The Balaban J connectivity index is 1.83. The summed E-state index contributed by atoms with van der Waals surface area (Å²) in [4.78, 5) is 12.5. The van der Waals surface area contributed by atoms with Crippen molar-refractivity contribution in [1.82, 2.24) is 0 Å². The largest absolute Gasteiger partial charge is 0.493 e. The van der Waals surface area contributed by atoms with Crippen molar-refractivity contribution in [1.29, 1.82) is 0 Å². The zero-order valence-electron chi connectivity index (χ0n) is 16.0. The summed E-state index contributed by atoms with van der Waals surface area (Å²) in [6.45, 7) is 0. The van der Waals surface area contributed by atoms with E-state index < -0.39 is 0 Å². The first-order valence-corrected chi connectivity index (χ1v) is 8.68. The molecule has 3 rings (SSSR count). The Hall–Kier alpha value is -3.71. The Labute approximate surface area is 164 Å². The fourth-order valence-corrected chi connectivity index (χ4v) is 2.79. The lowest BCUT2D eigenvalue weighted by molar-refractivity contribution is 0.105. The summed E-state index contributed by atoms with van der Waals surface area (Å²) in [5.41, 5.74) is 3.38. The van der Waals surface area contributed by atoms with Gasteiger partial charge in [-0.05, 0) is 41.3 Å². The van der Waals surface area contributed by atoms with Gasteiger partial charge in [0.25, 0.3) is 0 Å². The average molecular weight is 372 g/mol. The molecule has 0 fully saturated rings. The molecule has 0 unspecified atom stereocenters. The van der Waals surface area contributed by atoms with Crippen molar-refractivity contribution in [2.45, 2.75) is 0 Å². The lowest BCUT2D eigenvalue weighted by atomic mass is 10.0. The van der Waals surface area contributed by atoms with Gasteiger partial charge in [-0.15, -0.1) is 0 Å². The summed E-state index contributed by atoms with van der Waals surface area (Å²) in [5, 5.41) is 0. The third kappa shape index (κ3) is 4.16. The molecular weight excluding hydrogens is 352 g/mol. The molecule has 4 nitrogen and oxygen atoms in total. The molecule has 28 heavy (non-hydrogen) atoms. The molecule has 0 amide bonds. The zero-order chi connectivity index (χ0) is 19.9. The highest BCUT2D eigenvalue weighted by Gasteiger charge is 2.15. The van der Waals surface area contributed by atoms with E-state index in [1.165, 1.54) is 21.3 Å². The summed E-state index contributed by atoms with van der Waals surface area (Å²) in [7, 11) is 4.53. The van der Waals surface area contributed by atoms with E-state index in [0.717, 1.165) is 16.7 Å². The van der Waals surface area contributed by atoms with Gasteiger partial charge < -0.3 is 14.2 Å². The lowest BCUT2D eigenvalue weighted by Crippen LogP contribution is -2.01. The Morgan fingerprint density at radius 2 is 1.32 bits per heavy atom. The van der Waals surface area contributed by atoms with Crippen molar-refractivity contribution < 1.29 is 19.0 Å². The van der Waals surface area contributed by atoms with Crippen LogP contribution in [0.4, 0.5) is 0 Å². The van der Waals surface area contributed by atoms with E-state index in [9.17, 15) is 4.79 Å². The monoisotopic (exact) mass is 372 g/mol. The number of methoxy groups -OCH3 is 3. The normalized spacial score (nSPS) is 9.82. The molecule has 0 saturated heterocycles. The van der Waals surface area contributed by atoms with Gasteiger partial charge in [0.1, 0.15) is 0 Å². The van der Waals surface area contributed by atoms with Gasteiger partial charge in [0, 0.05) is 11.1 Å². The number of ketones is 1. The molecule has 0 aliphatic rings. The van der Waals surface area contributed by atoms with Gasteiger partial charge in [-0.1, -0.05) is 48.4 Å². The quantitative estimate of drug-likeness (QED) is 0.484. The third-order valence-electron chi connectivity index (χ3n) is 4.24. The van der Waals surface area contributed by atoms with Gasteiger partial charge in [-0.25, -0.2) is 0 Å². The fraction of sp³-hybridized carbons (Fsp3) is 0.125. The maximum absolute atomic E-state index is 12.5. The number of ether oxygens (including phenoxy) is 3. The number of carbonyl (C=O) groups excluding carboxylic acids is 1. The van der Waals surface area contributed by atoms with Crippen molar-refractivity contribution in [3.8, 4) is 40.2 Å². The van der Waals surface area contributed by atoms with Gasteiger partial charge >= 0.3 is 0 Å². The number of hydrogen-bond donors (Lipinski definition) is 0. The highest BCUT2D eigenvalue weighted by molar-refractivity contribution is 6.10. The maximum atomic E-state index is 12.5. The second-order valence-electron chi connectivity index (χ2n) is 5.94. The zero-order valence-corrected chi connectivity index (χ0v) is 16.0. The van der Waals surface area contributed by atoms with Crippen LogP contribution in [0.15, 0.2) is 66.7 Å². The van der Waals surface area contributed by atoms with Crippen LogP contribution >= 0.6 is 0 Å². The smallest absolute Gasteiger partial charge is 0.236 e. The van der Waals surface area contributed by atoms with Crippen LogP contribution in [0.5, 0.6) is 17.2 Å². The molecule has 0 aliphatic carbocycles. The molecule has 0 bridgehead atoms. The fourth-order valence-electron chi connectivity index (χ4n) is 2.79. The molecule has 0 spiro atoms. The van der Waals surface area contributed by atoms with E-state index in [1.54, 1.807) is 12.1 Å². The molecule has 3 aromatic carbocycles. The summed E-state index contributed by atoms with van der Waals surface area (Å²) >= 11 is 0. The van der Waals surface area contributed by atoms with Crippen LogP contribution in [0.1, 0.15) is 15.9 Å². The summed E-state index contributed by atoms with van der Waals surface area (Å²) in [6, 6.07) is 21.1. The Bertz CT molecular complexity index is 1000. The van der Waals surface area contributed by atoms with Crippen LogP contribution in [0.3, 0.4) is 0 Å². The van der Waals surface area contributed by atoms with Gasteiger partial charge in [-0.3, -0.25) is 4.79 Å². The first-order valence-electron chi connectivity index (χ1n) is 8.68. The molecule has 0 aliphatic heterocycles. The van der Waals surface area contributed by atoms with Crippen LogP contribution in [0, 0.1) is 11.8 Å². The summed E-state index contributed by atoms with van der Waals surface area (Å²) in [6.07, 6.45) is 0. The SMILES string of the molecule is COc1cc(C(=O)C#Cc2ccc(-c3ccccc3)cc2)cc(OC)c1OC. The van der Waals surface area contributed by atoms with Gasteiger partial charge in [-0.2, -0.15) is 0 Å². The summed E-state index contributed by atoms with van der Waals surface area (Å²) in [5.74, 6) is 6.53. The molecule has 0 radical (unpaired) electrons. The molecule has 0 heterocycles. The molecule has 0 atom stereocenters. The van der Waals surface area contributed by atoms with Crippen LogP contribution in [-0.2, 0) is 0 Å². The number of benzene rings is 3. The lowest BCUT2D eigenvalue weighted by Gasteiger charge is -2.12. The Morgan fingerprint density at radius 3 is 1.86 bits per heavy atom. The first kappa shape index (κ1) is 19.1. The Morgan fingerprint density at radius 1 is 0.750 bits per heavy atom. The van der Waals surface area contributed by atoms with Crippen LogP contribution in [0.2, 0.25) is 0 Å². The van der Waals surface area contributed by atoms with E-state index in [2.05, 4.69) is 24.0 Å². The second-order valence-corrected chi connectivity index (χ2v) is 5.94. The van der Waals surface area contributed by atoms with Crippen molar-refractivity contribution in [3.63, 3.8) is 0 Å². The molecule has 4 heteroatoms. The second kappa shape index (κ2) is 8.79. The van der Waals surface area contributed by atoms with E-state index in [4.69, 9.17) is 14.2 Å². The van der Waals surface area contributed by atoms with Gasteiger partial charge in [0.2, 0.25) is 11.5 Å². The highest BCUT2D eigenvalue weighted by Crippen LogP contribution is 2.38. The Kier molecular flexibility index (Phi) is 5.98. The standard InChI is InChI=1S/C24H20O4/c1-26-22-15-20(16-23(27-2)24(22)28-3)21(25)14-11-17-9-12-19(13-10-17)18-7-5-4-6-8-18/h4-10,12-13,15-16H,1-3H3. The van der Waals surface area contributed by atoms with Gasteiger partial charge in [0.05, 0.1) is 21.3 Å². The van der Waals surface area contributed by atoms with E-state index in [1.807, 2.05) is 42.5 Å². The average Bonchev–Trinajstić information content (AvgIpc) is 2.77. The maximum Gasteiger partial charge on any atom is 0.236 e. The van der Waals surface area contributed by atoms with Crippen molar-refractivity contribution in [2.24, 2.45) is 0 Å². The minimum absolute atomic E-state index is 0.327. The van der Waals surface area contributed by atoms with Crippen LogP contribution in [-0.4, -0.2) is 27.1 Å². The van der Waals surface area contributed by atoms with Crippen LogP contribution in [0.25, 0.3) is 11.1 Å². The third-order valence-corrected chi connectivity index (χ3v) is 4.24. The minimum Gasteiger partial charge on any atom is -0.493 e. The topological polar surface area (TPSA) is 44.8 Å². The van der Waals surface area contributed by atoms with Crippen molar-refractivity contribution >= 4 is 5.78 Å². The minimum atomic E-state index is -0.327. The number of rotatable bonds is 5. The molecule has 0 aromatic heterocycles. The van der Waals surface area contributed by atoms with E-state index >= 15 is 0 Å². The molecule has 140 valence electrons. The predicted octanol–water partition coefficient (Wildman–Crippen LogP) is 4.61. The molecule has 0 saturated carbocycles. The number of carbonyl (C=O) groups is 1. The van der Waals surface area contributed by atoms with Crippen LogP contribution < -0.4 is 14.2 Å². The van der Waals surface area contributed by atoms with E-state index in [-0.39, 0.29) is 5.78 Å². The predicted molar refractivity (Wildman–Crippen MR) is 109 cm³/mol.